The van der Waals surface area contributed by atoms with Gasteiger partial charge in [0.05, 0.1) is 19.9 Å². The van der Waals surface area contributed by atoms with E-state index in [0.717, 1.165) is 25.0 Å². The lowest BCUT2D eigenvalue weighted by Crippen LogP contribution is -2.25. The van der Waals surface area contributed by atoms with Crippen LogP contribution >= 0.6 is 0 Å². The Kier molecular flexibility index (Phi) is 7.74. The summed E-state index contributed by atoms with van der Waals surface area (Å²) >= 11 is 0. The Morgan fingerprint density at radius 1 is 1.19 bits per heavy atom. The highest BCUT2D eigenvalue weighted by molar-refractivity contribution is 5.94. The van der Waals surface area contributed by atoms with Crippen molar-refractivity contribution in [1.29, 1.82) is 0 Å². The SMILES string of the molecule is CCCCCOc1cc(C(=O)NCCc2ccc(O)cn2)ccc1OC. The highest BCUT2D eigenvalue weighted by Crippen LogP contribution is 2.28. The molecule has 0 spiro atoms. The first-order valence-corrected chi connectivity index (χ1v) is 8.87. The summed E-state index contributed by atoms with van der Waals surface area (Å²) in [5, 5.41) is 12.1. The predicted molar refractivity (Wildman–Crippen MR) is 100.0 cm³/mol. The Bertz CT molecular complexity index is 701. The van der Waals surface area contributed by atoms with Crippen molar-refractivity contribution in [3.63, 3.8) is 0 Å². The summed E-state index contributed by atoms with van der Waals surface area (Å²) in [7, 11) is 1.58. The number of nitrogens with zero attached hydrogens (tertiary/aromatic N) is 1. The van der Waals surface area contributed by atoms with Crippen LogP contribution in [0.4, 0.5) is 0 Å². The number of carbonyl (C=O) groups excluding carboxylic acids is 1. The number of rotatable bonds is 10. The monoisotopic (exact) mass is 358 g/mol. The molecule has 0 unspecified atom stereocenters. The minimum Gasteiger partial charge on any atom is -0.506 e. The van der Waals surface area contributed by atoms with Crippen LogP contribution in [-0.2, 0) is 6.42 Å². The molecule has 1 heterocycles. The van der Waals surface area contributed by atoms with Crippen molar-refractivity contribution in [2.24, 2.45) is 0 Å². The summed E-state index contributed by atoms with van der Waals surface area (Å²) in [5.41, 5.74) is 1.33. The number of carbonyl (C=O) groups is 1. The second kappa shape index (κ2) is 10.3. The van der Waals surface area contributed by atoms with E-state index < -0.39 is 0 Å². The van der Waals surface area contributed by atoms with Gasteiger partial charge in [-0.05, 0) is 36.8 Å². The lowest BCUT2D eigenvalue weighted by molar-refractivity contribution is 0.0953. The summed E-state index contributed by atoms with van der Waals surface area (Å²) in [6, 6.07) is 8.48. The van der Waals surface area contributed by atoms with Gasteiger partial charge in [-0.1, -0.05) is 19.8 Å². The Labute approximate surface area is 154 Å². The molecular formula is C20H26N2O4. The third kappa shape index (κ3) is 5.95. The molecule has 0 aliphatic carbocycles. The maximum atomic E-state index is 12.3. The maximum Gasteiger partial charge on any atom is 0.251 e. The van der Waals surface area contributed by atoms with Crippen molar-refractivity contribution in [1.82, 2.24) is 10.3 Å². The molecule has 6 heteroatoms. The van der Waals surface area contributed by atoms with Gasteiger partial charge in [-0.3, -0.25) is 9.78 Å². The van der Waals surface area contributed by atoms with Gasteiger partial charge in [-0.15, -0.1) is 0 Å². The highest BCUT2D eigenvalue weighted by atomic mass is 16.5. The smallest absolute Gasteiger partial charge is 0.251 e. The topological polar surface area (TPSA) is 80.7 Å². The van der Waals surface area contributed by atoms with Gasteiger partial charge in [0, 0.05) is 24.2 Å². The van der Waals surface area contributed by atoms with Crippen molar-refractivity contribution in [2.75, 3.05) is 20.3 Å². The van der Waals surface area contributed by atoms with E-state index in [9.17, 15) is 9.90 Å². The summed E-state index contributed by atoms with van der Waals surface area (Å²) < 4.78 is 11.1. The Morgan fingerprint density at radius 2 is 2.04 bits per heavy atom. The molecule has 0 aliphatic heterocycles. The molecule has 0 saturated heterocycles. The fourth-order valence-corrected chi connectivity index (χ4v) is 2.44. The van der Waals surface area contributed by atoms with E-state index in [1.807, 2.05) is 0 Å². The maximum absolute atomic E-state index is 12.3. The number of aromatic hydroxyl groups is 1. The van der Waals surface area contributed by atoms with Gasteiger partial charge in [0.15, 0.2) is 11.5 Å². The Balaban J connectivity index is 1.91. The summed E-state index contributed by atoms with van der Waals surface area (Å²) in [4.78, 5) is 16.4. The Hall–Kier alpha value is -2.76. The van der Waals surface area contributed by atoms with E-state index in [4.69, 9.17) is 9.47 Å². The largest absolute Gasteiger partial charge is 0.506 e. The standard InChI is InChI=1S/C20H26N2O4/c1-3-4-5-12-26-19-13-15(6-9-18(19)25-2)20(24)21-11-10-16-7-8-17(23)14-22-16/h6-9,13-14,23H,3-5,10-12H2,1-2H3,(H,21,24). The van der Waals surface area contributed by atoms with Crippen LogP contribution in [0.1, 0.15) is 42.2 Å². The number of hydrogen-bond donors (Lipinski definition) is 2. The quantitative estimate of drug-likeness (QED) is 0.637. The molecule has 0 saturated carbocycles. The van der Waals surface area contributed by atoms with Crippen molar-refractivity contribution >= 4 is 5.91 Å². The third-order valence-electron chi connectivity index (χ3n) is 3.91. The molecule has 26 heavy (non-hydrogen) atoms. The lowest BCUT2D eigenvalue weighted by atomic mass is 10.2. The first kappa shape index (κ1) is 19.6. The van der Waals surface area contributed by atoms with E-state index in [2.05, 4.69) is 17.2 Å². The number of nitrogens with one attached hydrogen (secondary N) is 1. The zero-order valence-electron chi connectivity index (χ0n) is 15.3. The van der Waals surface area contributed by atoms with E-state index in [1.165, 1.54) is 6.20 Å². The van der Waals surface area contributed by atoms with E-state index in [-0.39, 0.29) is 11.7 Å². The molecular weight excluding hydrogens is 332 g/mol. The van der Waals surface area contributed by atoms with Crippen LogP contribution in [0, 0.1) is 0 Å². The van der Waals surface area contributed by atoms with Crippen LogP contribution in [0.2, 0.25) is 0 Å². The summed E-state index contributed by atoms with van der Waals surface area (Å²) in [6.45, 7) is 3.19. The minimum absolute atomic E-state index is 0.127. The van der Waals surface area contributed by atoms with Crippen LogP contribution in [-0.4, -0.2) is 36.3 Å². The van der Waals surface area contributed by atoms with Crippen LogP contribution in [0.25, 0.3) is 0 Å². The van der Waals surface area contributed by atoms with Crippen molar-refractivity contribution in [3.8, 4) is 17.2 Å². The first-order valence-electron chi connectivity index (χ1n) is 8.87. The summed E-state index contributed by atoms with van der Waals surface area (Å²) in [6.07, 6.45) is 5.17. The molecule has 2 aromatic rings. The fraction of sp³-hybridized carbons (Fsp3) is 0.400. The van der Waals surface area contributed by atoms with E-state index in [1.54, 1.807) is 37.4 Å². The molecule has 2 rings (SSSR count). The number of amides is 1. The molecule has 140 valence electrons. The highest BCUT2D eigenvalue weighted by Gasteiger charge is 2.11. The predicted octanol–water partition coefficient (Wildman–Crippen LogP) is 3.34. The minimum atomic E-state index is -0.176. The van der Waals surface area contributed by atoms with Crippen molar-refractivity contribution in [2.45, 2.75) is 32.6 Å². The second-order valence-corrected chi connectivity index (χ2v) is 5.93. The normalized spacial score (nSPS) is 10.4. The molecule has 0 atom stereocenters. The Morgan fingerprint density at radius 3 is 2.73 bits per heavy atom. The number of benzene rings is 1. The number of pyridine rings is 1. The molecule has 0 aliphatic rings. The first-order chi connectivity index (χ1) is 12.6. The van der Waals surface area contributed by atoms with Crippen LogP contribution < -0.4 is 14.8 Å². The van der Waals surface area contributed by atoms with Gasteiger partial charge in [0.1, 0.15) is 5.75 Å². The van der Waals surface area contributed by atoms with Crippen LogP contribution in [0.5, 0.6) is 17.2 Å². The number of aromatic nitrogens is 1. The number of ether oxygens (including phenoxy) is 2. The fourth-order valence-electron chi connectivity index (χ4n) is 2.44. The molecule has 2 N–H and O–H groups in total. The second-order valence-electron chi connectivity index (χ2n) is 5.93. The number of methoxy groups -OCH3 is 1. The zero-order chi connectivity index (χ0) is 18.8. The van der Waals surface area contributed by atoms with Gasteiger partial charge in [0.25, 0.3) is 5.91 Å². The average molecular weight is 358 g/mol. The van der Waals surface area contributed by atoms with Gasteiger partial charge < -0.3 is 19.9 Å². The molecule has 0 bridgehead atoms. The van der Waals surface area contributed by atoms with Gasteiger partial charge in [-0.2, -0.15) is 0 Å². The molecule has 6 nitrogen and oxygen atoms in total. The molecule has 1 amide bonds. The van der Waals surface area contributed by atoms with Gasteiger partial charge in [-0.25, -0.2) is 0 Å². The van der Waals surface area contributed by atoms with Crippen LogP contribution in [0.3, 0.4) is 0 Å². The van der Waals surface area contributed by atoms with Gasteiger partial charge >= 0.3 is 0 Å². The molecule has 1 aromatic carbocycles. The molecule has 0 radical (unpaired) electrons. The zero-order valence-corrected chi connectivity index (χ0v) is 15.3. The van der Waals surface area contributed by atoms with E-state index in [0.29, 0.717) is 36.6 Å². The number of unbranched alkanes of at least 4 members (excludes halogenated alkanes) is 2. The average Bonchev–Trinajstić information content (AvgIpc) is 2.66. The third-order valence-corrected chi connectivity index (χ3v) is 3.91. The molecule has 0 fully saturated rings. The number of hydrogen-bond acceptors (Lipinski definition) is 5. The van der Waals surface area contributed by atoms with Crippen molar-refractivity contribution < 1.29 is 19.4 Å². The van der Waals surface area contributed by atoms with Crippen LogP contribution in [0.15, 0.2) is 36.5 Å². The lowest BCUT2D eigenvalue weighted by Gasteiger charge is -2.12. The van der Waals surface area contributed by atoms with Gasteiger partial charge in [0.2, 0.25) is 0 Å². The summed E-state index contributed by atoms with van der Waals surface area (Å²) in [5.74, 6) is 1.15. The van der Waals surface area contributed by atoms with Crippen molar-refractivity contribution in [3.05, 3.63) is 47.8 Å². The molecule has 1 aromatic heterocycles. The van der Waals surface area contributed by atoms with E-state index >= 15 is 0 Å².